The quantitative estimate of drug-likeness (QED) is 0.708. The Balaban J connectivity index is 1.89. The van der Waals surface area contributed by atoms with Crippen LogP contribution in [0.15, 0.2) is 18.2 Å². The van der Waals surface area contributed by atoms with Crippen molar-refractivity contribution in [1.29, 1.82) is 0 Å². The first-order valence-electron chi connectivity index (χ1n) is 5.63. The van der Waals surface area contributed by atoms with E-state index < -0.39 is 23.1 Å². The Bertz CT molecular complexity index is 461. The van der Waals surface area contributed by atoms with E-state index >= 15 is 0 Å². The summed E-state index contributed by atoms with van der Waals surface area (Å²) < 4.78 is 26.2. The molecule has 4 nitrogen and oxygen atoms in total. The summed E-state index contributed by atoms with van der Waals surface area (Å²) in [6, 6.07) is 3.71. The molecule has 1 fully saturated rings. The lowest BCUT2D eigenvalue weighted by atomic mass is 9.97. The van der Waals surface area contributed by atoms with Crippen LogP contribution in [-0.2, 0) is 11.2 Å². The van der Waals surface area contributed by atoms with Gasteiger partial charge in [-0.25, -0.2) is 8.78 Å². The van der Waals surface area contributed by atoms with E-state index in [9.17, 15) is 18.7 Å². The second-order valence-corrected chi connectivity index (χ2v) is 4.49. The molecule has 1 amide bonds. The summed E-state index contributed by atoms with van der Waals surface area (Å²) >= 11 is 0. The molecule has 1 saturated heterocycles. The highest BCUT2D eigenvalue weighted by atomic mass is 19.2. The fourth-order valence-corrected chi connectivity index (χ4v) is 1.72. The number of carbonyl (C=O) groups is 1. The second kappa shape index (κ2) is 4.99. The Hall–Kier alpha value is -1.53. The van der Waals surface area contributed by atoms with Gasteiger partial charge >= 0.3 is 0 Å². The highest BCUT2D eigenvalue weighted by Gasteiger charge is 2.34. The molecule has 6 heteroatoms. The average molecular weight is 256 g/mol. The van der Waals surface area contributed by atoms with Crippen molar-refractivity contribution in [3.05, 3.63) is 35.4 Å². The number of carbonyl (C=O) groups excluding carboxylic acids is 1. The van der Waals surface area contributed by atoms with Gasteiger partial charge in [-0.15, -0.1) is 0 Å². The van der Waals surface area contributed by atoms with Gasteiger partial charge in [0.15, 0.2) is 11.6 Å². The molecule has 0 atom stereocenters. The third-order valence-corrected chi connectivity index (χ3v) is 2.91. The van der Waals surface area contributed by atoms with Crippen LogP contribution in [0.1, 0.15) is 5.56 Å². The maximum atomic E-state index is 13.3. The largest absolute Gasteiger partial charge is 0.385 e. The van der Waals surface area contributed by atoms with Gasteiger partial charge in [-0.1, -0.05) is 12.1 Å². The third kappa shape index (κ3) is 2.83. The van der Waals surface area contributed by atoms with E-state index in [0.29, 0.717) is 13.1 Å². The van der Waals surface area contributed by atoms with Crippen molar-refractivity contribution in [3.8, 4) is 0 Å². The molecule has 0 bridgehead atoms. The van der Waals surface area contributed by atoms with Crippen LogP contribution in [0.5, 0.6) is 0 Å². The van der Waals surface area contributed by atoms with Crippen molar-refractivity contribution in [2.45, 2.75) is 12.0 Å². The van der Waals surface area contributed by atoms with Crippen LogP contribution in [0.4, 0.5) is 8.78 Å². The first-order valence-corrected chi connectivity index (χ1v) is 5.63. The maximum absolute atomic E-state index is 13.3. The Morgan fingerprint density at radius 2 is 2.17 bits per heavy atom. The molecule has 0 aliphatic carbocycles. The van der Waals surface area contributed by atoms with Crippen LogP contribution in [0.2, 0.25) is 0 Å². The summed E-state index contributed by atoms with van der Waals surface area (Å²) in [7, 11) is 0. The number of benzene rings is 1. The van der Waals surface area contributed by atoms with Gasteiger partial charge in [-0.3, -0.25) is 4.79 Å². The number of nitrogens with one attached hydrogen (secondary N) is 2. The van der Waals surface area contributed by atoms with Crippen molar-refractivity contribution in [1.82, 2.24) is 10.6 Å². The molecular formula is C12H14F2N2O2. The van der Waals surface area contributed by atoms with E-state index in [4.69, 9.17) is 0 Å². The molecule has 1 aromatic carbocycles. The van der Waals surface area contributed by atoms with Crippen molar-refractivity contribution in [3.63, 3.8) is 0 Å². The normalized spacial score (nSPS) is 17.1. The minimum atomic E-state index is -1.00. The van der Waals surface area contributed by atoms with Gasteiger partial charge in [0, 0.05) is 25.2 Å². The summed E-state index contributed by atoms with van der Waals surface area (Å²) in [6.45, 7) is 0.943. The number of halogens is 2. The Morgan fingerprint density at radius 1 is 1.44 bits per heavy atom. The van der Waals surface area contributed by atoms with Crippen LogP contribution >= 0.6 is 0 Å². The van der Waals surface area contributed by atoms with Gasteiger partial charge in [-0.2, -0.15) is 0 Å². The first-order chi connectivity index (χ1) is 8.50. The average Bonchev–Trinajstić information content (AvgIpc) is 2.30. The predicted octanol–water partition coefficient (Wildman–Crippen LogP) is -0.0422. The smallest absolute Gasteiger partial charge is 0.224 e. The lowest BCUT2D eigenvalue weighted by Crippen LogP contribution is -2.64. The molecule has 3 N–H and O–H groups in total. The third-order valence-electron chi connectivity index (χ3n) is 2.91. The Morgan fingerprint density at radius 3 is 2.78 bits per heavy atom. The van der Waals surface area contributed by atoms with Crippen LogP contribution in [-0.4, -0.2) is 36.2 Å². The number of hydrogen-bond acceptors (Lipinski definition) is 3. The monoisotopic (exact) mass is 256 g/mol. The molecule has 1 aromatic rings. The minimum Gasteiger partial charge on any atom is -0.385 e. The molecule has 1 heterocycles. The first kappa shape index (κ1) is 12.9. The lowest BCUT2D eigenvalue weighted by Gasteiger charge is -2.37. The molecule has 1 aliphatic heterocycles. The van der Waals surface area contributed by atoms with Crippen LogP contribution in [0, 0.1) is 11.6 Å². The zero-order valence-corrected chi connectivity index (χ0v) is 9.67. The number of amides is 1. The number of aliphatic hydroxyl groups is 1. The second-order valence-electron chi connectivity index (χ2n) is 4.49. The summed E-state index contributed by atoms with van der Waals surface area (Å²) in [5.41, 5.74) is -0.915. The van der Waals surface area contributed by atoms with Crippen LogP contribution in [0.25, 0.3) is 0 Å². The lowest BCUT2D eigenvalue weighted by molar-refractivity contribution is -0.122. The van der Waals surface area contributed by atoms with Crippen LogP contribution < -0.4 is 10.6 Å². The Kier molecular flexibility index (Phi) is 3.58. The molecule has 2 rings (SSSR count). The molecule has 0 radical (unpaired) electrons. The van der Waals surface area contributed by atoms with E-state index in [0.717, 1.165) is 6.07 Å². The van der Waals surface area contributed by atoms with Gasteiger partial charge in [0.25, 0.3) is 0 Å². The molecule has 0 unspecified atom stereocenters. The van der Waals surface area contributed by atoms with Gasteiger partial charge in [0.05, 0.1) is 6.42 Å². The minimum absolute atomic E-state index is 0.00576. The number of hydrogen-bond donors (Lipinski definition) is 3. The highest BCUT2D eigenvalue weighted by Crippen LogP contribution is 2.12. The van der Waals surface area contributed by atoms with Crippen molar-refractivity contribution >= 4 is 5.91 Å². The van der Waals surface area contributed by atoms with E-state index in [-0.39, 0.29) is 18.5 Å². The summed E-state index contributed by atoms with van der Waals surface area (Å²) in [5, 5.41) is 15.1. The molecule has 0 spiro atoms. The van der Waals surface area contributed by atoms with Gasteiger partial charge in [-0.05, 0) is 6.07 Å². The number of rotatable bonds is 4. The van der Waals surface area contributed by atoms with Gasteiger partial charge < -0.3 is 15.7 Å². The Labute approximate surface area is 103 Å². The molecule has 0 aromatic heterocycles. The fraction of sp³-hybridized carbons (Fsp3) is 0.417. The molecule has 98 valence electrons. The van der Waals surface area contributed by atoms with E-state index in [1.54, 1.807) is 0 Å². The number of β-amino-alcohol motifs (C(OH)–C–C–N with tert-alkyl or cyclic N) is 1. The summed E-state index contributed by atoms with van der Waals surface area (Å²) in [4.78, 5) is 11.5. The van der Waals surface area contributed by atoms with Crippen molar-refractivity contribution in [2.75, 3.05) is 19.6 Å². The predicted molar refractivity (Wildman–Crippen MR) is 60.9 cm³/mol. The molecule has 18 heavy (non-hydrogen) atoms. The SMILES string of the molecule is O=C(Cc1cccc(F)c1F)NCC1(O)CNC1. The van der Waals surface area contributed by atoms with Crippen molar-refractivity contribution in [2.24, 2.45) is 0 Å². The molecule has 0 saturated carbocycles. The zero-order chi connectivity index (χ0) is 13.2. The molecule has 1 aliphatic rings. The highest BCUT2D eigenvalue weighted by molar-refractivity contribution is 5.78. The van der Waals surface area contributed by atoms with E-state index in [1.165, 1.54) is 12.1 Å². The standard InChI is InChI=1S/C12H14F2N2O2/c13-9-3-1-2-8(11(9)14)4-10(17)16-7-12(18)5-15-6-12/h1-3,15,18H,4-7H2,(H,16,17). The maximum Gasteiger partial charge on any atom is 0.224 e. The topological polar surface area (TPSA) is 61.4 Å². The fourth-order valence-electron chi connectivity index (χ4n) is 1.72. The van der Waals surface area contributed by atoms with Crippen molar-refractivity contribution < 1.29 is 18.7 Å². The van der Waals surface area contributed by atoms with Gasteiger partial charge in [0.1, 0.15) is 5.60 Å². The molecular weight excluding hydrogens is 242 g/mol. The van der Waals surface area contributed by atoms with E-state index in [1.807, 2.05) is 0 Å². The summed E-state index contributed by atoms with van der Waals surface area (Å²) in [5.74, 6) is -2.42. The van der Waals surface area contributed by atoms with Crippen LogP contribution in [0.3, 0.4) is 0 Å². The zero-order valence-electron chi connectivity index (χ0n) is 9.67. The van der Waals surface area contributed by atoms with E-state index in [2.05, 4.69) is 10.6 Å². The summed E-state index contributed by atoms with van der Waals surface area (Å²) in [6.07, 6.45) is -0.243. The van der Waals surface area contributed by atoms with Gasteiger partial charge in [0.2, 0.25) is 5.91 Å².